The van der Waals surface area contributed by atoms with E-state index in [4.69, 9.17) is 0 Å². The molecule has 24 heavy (non-hydrogen) atoms. The third kappa shape index (κ3) is 3.15. The molecule has 0 spiro atoms. The zero-order valence-corrected chi connectivity index (χ0v) is 15.7. The van der Waals surface area contributed by atoms with Gasteiger partial charge < -0.3 is 9.80 Å². The van der Waals surface area contributed by atoms with Crippen LogP contribution < -0.4 is 0 Å². The van der Waals surface area contributed by atoms with Gasteiger partial charge in [-0.3, -0.25) is 9.59 Å². The van der Waals surface area contributed by atoms with Crippen molar-refractivity contribution in [3.05, 3.63) is 25.3 Å². The molecule has 0 aliphatic carbocycles. The van der Waals surface area contributed by atoms with E-state index in [0.29, 0.717) is 11.8 Å². The summed E-state index contributed by atoms with van der Waals surface area (Å²) in [5, 5.41) is 0. The third-order valence-corrected chi connectivity index (χ3v) is 6.73. The maximum Gasteiger partial charge on any atom is 0.245 e. The average Bonchev–Trinajstić information content (AvgIpc) is 2.49. The maximum atomic E-state index is 11.7. The minimum atomic E-state index is 0.0373. The monoisotopic (exact) mass is 332 g/mol. The molecule has 0 radical (unpaired) electrons. The van der Waals surface area contributed by atoms with Crippen molar-refractivity contribution >= 4 is 11.8 Å². The first kappa shape index (κ1) is 18.8. The van der Waals surface area contributed by atoms with E-state index in [2.05, 4.69) is 40.9 Å². The number of hydrogen-bond donors (Lipinski definition) is 0. The molecule has 0 saturated carbocycles. The molecule has 0 N–H and O–H groups in total. The molecule has 2 amide bonds. The second-order valence-electron chi connectivity index (χ2n) is 8.20. The Bertz CT molecular complexity index is 528. The molecule has 0 aromatic carbocycles. The summed E-state index contributed by atoms with van der Waals surface area (Å²) in [4.78, 5) is 27.2. The zero-order valence-electron chi connectivity index (χ0n) is 15.7. The molecule has 2 atom stereocenters. The number of likely N-dealkylation sites (tertiary alicyclic amines) is 2. The Balaban J connectivity index is 1.91. The Hall–Kier alpha value is -1.58. The average molecular weight is 332 g/mol. The zero-order chi connectivity index (χ0) is 18.1. The highest BCUT2D eigenvalue weighted by atomic mass is 16.2. The molecule has 2 unspecified atom stereocenters. The molecule has 4 heteroatoms. The van der Waals surface area contributed by atoms with Crippen molar-refractivity contribution in [2.75, 3.05) is 26.2 Å². The van der Waals surface area contributed by atoms with Crippen LogP contribution in [0.4, 0.5) is 0 Å². The van der Waals surface area contributed by atoms with E-state index in [0.717, 1.165) is 39.0 Å². The van der Waals surface area contributed by atoms with Crippen LogP contribution in [0.2, 0.25) is 0 Å². The second kappa shape index (κ2) is 6.73. The van der Waals surface area contributed by atoms with Gasteiger partial charge in [-0.15, -0.1) is 0 Å². The van der Waals surface area contributed by atoms with E-state index >= 15 is 0 Å². The Morgan fingerprint density at radius 1 is 1.00 bits per heavy atom. The van der Waals surface area contributed by atoms with Crippen LogP contribution in [-0.4, -0.2) is 47.8 Å². The maximum absolute atomic E-state index is 11.7. The van der Waals surface area contributed by atoms with Gasteiger partial charge in [-0.25, -0.2) is 0 Å². The van der Waals surface area contributed by atoms with Gasteiger partial charge in [0.05, 0.1) is 0 Å². The fourth-order valence-electron chi connectivity index (χ4n) is 4.37. The normalized spacial score (nSPS) is 23.5. The van der Waals surface area contributed by atoms with Crippen LogP contribution in [0.5, 0.6) is 0 Å². The summed E-state index contributed by atoms with van der Waals surface area (Å²) in [6.45, 7) is 19.6. The molecule has 0 aromatic heterocycles. The van der Waals surface area contributed by atoms with Gasteiger partial charge in [0.2, 0.25) is 11.8 Å². The first-order valence-electron chi connectivity index (χ1n) is 9.04. The predicted octanol–water partition coefficient (Wildman–Crippen LogP) is 3.11. The van der Waals surface area contributed by atoms with Crippen molar-refractivity contribution in [1.29, 1.82) is 0 Å². The molecule has 2 rings (SSSR count). The van der Waals surface area contributed by atoms with Gasteiger partial charge in [0.15, 0.2) is 0 Å². The summed E-state index contributed by atoms with van der Waals surface area (Å²) in [6.07, 6.45) is 5.04. The Kier molecular flexibility index (Phi) is 5.26. The van der Waals surface area contributed by atoms with Gasteiger partial charge in [-0.05, 0) is 36.8 Å². The summed E-state index contributed by atoms with van der Waals surface area (Å²) in [7, 11) is 0. The molecule has 2 heterocycles. The van der Waals surface area contributed by atoms with Crippen molar-refractivity contribution < 1.29 is 9.59 Å². The van der Waals surface area contributed by atoms with Gasteiger partial charge in [0.25, 0.3) is 0 Å². The Labute approximate surface area is 146 Å². The summed E-state index contributed by atoms with van der Waals surface area (Å²) >= 11 is 0. The van der Waals surface area contributed by atoms with Crippen LogP contribution in [0.1, 0.15) is 40.5 Å². The molecular weight excluding hydrogens is 300 g/mol. The highest BCUT2D eigenvalue weighted by molar-refractivity contribution is 5.88. The number of hydrogen-bond acceptors (Lipinski definition) is 2. The molecule has 2 fully saturated rings. The summed E-state index contributed by atoms with van der Waals surface area (Å²) in [6, 6.07) is 0. The van der Waals surface area contributed by atoms with Crippen LogP contribution in [0.3, 0.4) is 0 Å². The number of nitrogens with zero attached hydrogens (tertiary/aromatic N) is 2. The lowest BCUT2D eigenvalue weighted by atomic mass is 9.61. The van der Waals surface area contributed by atoms with Crippen LogP contribution in [0.15, 0.2) is 25.3 Å². The number of carbonyl (C=O) groups is 2. The minimum Gasteiger partial charge on any atom is -0.338 e. The van der Waals surface area contributed by atoms with Crippen molar-refractivity contribution in [2.24, 2.45) is 22.7 Å². The van der Waals surface area contributed by atoms with Gasteiger partial charge in [-0.2, -0.15) is 0 Å². The highest BCUT2D eigenvalue weighted by Gasteiger charge is 2.50. The summed E-state index contributed by atoms with van der Waals surface area (Å²) in [5.74, 6) is 1.19. The van der Waals surface area contributed by atoms with Crippen molar-refractivity contribution in [2.45, 2.75) is 40.5 Å². The first-order valence-corrected chi connectivity index (χ1v) is 9.04. The molecule has 0 bridgehead atoms. The van der Waals surface area contributed by atoms with Gasteiger partial charge in [0.1, 0.15) is 0 Å². The van der Waals surface area contributed by atoms with Crippen LogP contribution in [0.25, 0.3) is 0 Å². The topological polar surface area (TPSA) is 40.6 Å². The van der Waals surface area contributed by atoms with Crippen molar-refractivity contribution in [1.82, 2.24) is 9.80 Å². The quantitative estimate of drug-likeness (QED) is 0.672. The van der Waals surface area contributed by atoms with E-state index in [1.165, 1.54) is 12.2 Å². The molecule has 2 saturated heterocycles. The van der Waals surface area contributed by atoms with E-state index in [9.17, 15) is 9.59 Å². The first-order chi connectivity index (χ1) is 11.2. The van der Waals surface area contributed by atoms with Crippen LogP contribution in [-0.2, 0) is 9.59 Å². The van der Waals surface area contributed by atoms with Gasteiger partial charge in [-0.1, -0.05) is 40.9 Å². The van der Waals surface area contributed by atoms with Gasteiger partial charge >= 0.3 is 0 Å². The third-order valence-electron chi connectivity index (χ3n) is 6.73. The lowest BCUT2D eigenvalue weighted by molar-refractivity contribution is -0.145. The SMILES string of the molecule is C=CC(=O)N1CC(C)(C(C)CC(C)C2(CC)CN(C(=O)C=C)C2)C1. The van der Waals surface area contributed by atoms with Crippen molar-refractivity contribution in [3.63, 3.8) is 0 Å². The molecular formula is C20H32N2O2. The smallest absolute Gasteiger partial charge is 0.245 e. The molecule has 0 aromatic rings. The van der Waals surface area contributed by atoms with E-state index in [-0.39, 0.29) is 22.6 Å². The Morgan fingerprint density at radius 3 is 1.88 bits per heavy atom. The standard InChI is InChI=1S/C20H32N2O2/c1-7-17(23)21-11-19(6,12-21)15(4)10-16(5)20(9-3)13-22(14-20)18(24)8-2/h7-8,15-16H,1-2,9-14H2,3-6H3. The number of rotatable bonds is 7. The molecule has 134 valence electrons. The number of amides is 2. The predicted molar refractivity (Wildman–Crippen MR) is 97.3 cm³/mol. The van der Waals surface area contributed by atoms with E-state index in [1.54, 1.807) is 0 Å². The lowest BCUT2D eigenvalue weighted by Crippen LogP contribution is -2.62. The largest absolute Gasteiger partial charge is 0.338 e. The lowest BCUT2D eigenvalue weighted by Gasteiger charge is -2.56. The summed E-state index contributed by atoms with van der Waals surface area (Å²) < 4.78 is 0. The summed E-state index contributed by atoms with van der Waals surface area (Å²) in [5.41, 5.74) is 0.436. The fourth-order valence-corrected chi connectivity index (χ4v) is 4.37. The van der Waals surface area contributed by atoms with Crippen LogP contribution >= 0.6 is 0 Å². The van der Waals surface area contributed by atoms with Crippen molar-refractivity contribution in [3.8, 4) is 0 Å². The minimum absolute atomic E-state index is 0.0373. The molecule has 4 nitrogen and oxygen atoms in total. The molecule has 2 aliphatic heterocycles. The number of carbonyl (C=O) groups excluding carboxylic acids is 2. The fraction of sp³-hybridized carbons (Fsp3) is 0.700. The Morgan fingerprint density at radius 2 is 1.46 bits per heavy atom. The second-order valence-corrected chi connectivity index (χ2v) is 8.20. The van der Waals surface area contributed by atoms with E-state index in [1.807, 2.05) is 9.80 Å². The van der Waals surface area contributed by atoms with Gasteiger partial charge in [0, 0.05) is 37.0 Å². The highest BCUT2D eigenvalue weighted by Crippen LogP contribution is 2.47. The van der Waals surface area contributed by atoms with Crippen LogP contribution in [0, 0.1) is 22.7 Å². The van der Waals surface area contributed by atoms with E-state index < -0.39 is 0 Å². The molecule has 2 aliphatic rings.